The van der Waals surface area contributed by atoms with Gasteiger partial charge in [-0.1, -0.05) is 20.8 Å². The van der Waals surface area contributed by atoms with Crippen LogP contribution in [0.1, 0.15) is 47.0 Å². The maximum absolute atomic E-state index is 11.8. The van der Waals surface area contributed by atoms with Crippen LogP contribution in [0.3, 0.4) is 0 Å². The summed E-state index contributed by atoms with van der Waals surface area (Å²) in [6.07, 6.45) is 2.25. The van der Waals surface area contributed by atoms with E-state index in [4.69, 9.17) is 5.73 Å². The van der Waals surface area contributed by atoms with E-state index in [9.17, 15) is 4.79 Å². The second kappa shape index (κ2) is 7.74. The van der Waals surface area contributed by atoms with E-state index in [1.807, 2.05) is 21.0 Å². The van der Waals surface area contributed by atoms with Crippen LogP contribution in [0, 0.1) is 5.41 Å². The Bertz CT molecular complexity index is 246. The molecule has 18 heavy (non-hydrogen) atoms. The Hall–Kier alpha value is -0.610. The summed E-state index contributed by atoms with van der Waals surface area (Å²) in [6, 6.07) is 0.160. The topological polar surface area (TPSA) is 58.4 Å². The van der Waals surface area contributed by atoms with Crippen LogP contribution < -0.4 is 11.1 Å². The summed E-state index contributed by atoms with van der Waals surface area (Å²) < 4.78 is 0. The molecule has 2 unspecified atom stereocenters. The molecule has 2 atom stereocenters. The van der Waals surface area contributed by atoms with Crippen LogP contribution in [0.2, 0.25) is 0 Å². The van der Waals surface area contributed by atoms with Crippen molar-refractivity contribution in [1.29, 1.82) is 0 Å². The lowest BCUT2D eigenvalue weighted by molar-refractivity contribution is -0.122. The quantitative estimate of drug-likeness (QED) is 0.728. The van der Waals surface area contributed by atoms with Gasteiger partial charge < -0.3 is 16.0 Å². The zero-order valence-electron chi connectivity index (χ0n) is 12.9. The average Bonchev–Trinajstić information content (AvgIpc) is 2.10. The molecule has 0 spiro atoms. The molecule has 0 fully saturated rings. The van der Waals surface area contributed by atoms with E-state index >= 15 is 0 Å². The average molecular weight is 257 g/mol. The van der Waals surface area contributed by atoms with Crippen LogP contribution >= 0.6 is 0 Å². The third-order valence-corrected chi connectivity index (χ3v) is 2.74. The molecule has 0 bridgehead atoms. The number of nitrogens with zero attached hydrogens (tertiary/aromatic N) is 1. The summed E-state index contributed by atoms with van der Waals surface area (Å²) in [5.41, 5.74) is 6.17. The molecule has 0 aromatic carbocycles. The summed E-state index contributed by atoms with van der Waals surface area (Å²) in [6.45, 7) is 9.45. The summed E-state index contributed by atoms with van der Waals surface area (Å²) in [5.74, 6) is 0.0676. The lowest BCUT2D eigenvalue weighted by Crippen LogP contribution is -2.39. The third kappa shape index (κ3) is 10.5. The molecule has 0 aliphatic carbocycles. The van der Waals surface area contributed by atoms with Gasteiger partial charge in [-0.15, -0.1) is 0 Å². The minimum Gasteiger partial charge on any atom is -0.354 e. The smallest absolute Gasteiger partial charge is 0.221 e. The normalized spacial score (nSPS) is 15.6. The van der Waals surface area contributed by atoms with Gasteiger partial charge in [0.25, 0.3) is 0 Å². The molecular weight excluding hydrogens is 226 g/mol. The Labute approximate surface area is 112 Å². The Morgan fingerprint density at radius 1 is 1.33 bits per heavy atom. The first-order valence-electron chi connectivity index (χ1n) is 6.80. The first-order valence-corrected chi connectivity index (χ1v) is 6.80. The number of carbonyl (C=O) groups is 1. The lowest BCUT2D eigenvalue weighted by atomic mass is 9.87. The Kier molecular flexibility index (Phi) is 7.48. The van der Waals surface area contributed by atoms with Crippen molar-refractivity contribution in [1.82, 2.24) is 10.2 Å². The highest BCUT2D eigenvalue weighted by Gasteiger charge is 2.18. The number of carbonyl (C=O) groups excluding carboxylic acids is 1. The van der Waals surface area contributed by atoms with Crippen molar-refractivity contribution in [3.8, 4) is 0 Å². The molecule has 1 amide bonds. The van der Waals surface area contributed by atoms with Gasteiger partial charge in [0.2, 0.25) is 5.91 Å². The largest absolute Gasteiger partial charge is 0.354 e. The number of nitrogens with two attached hydrogens (primary N) is 1. The number of hydrogen-bond acceptors (Lipinski definition) is 3. The maximum Gasteiger partial charge on any atom is 0.221 e. The van der Waals surface area contributed by atoms with E-state index in [0.29, 0.717) is 6.42 Å². The minimum absolute atomic E-state index is 0.0500. The zero-order chi connectivity index (χ0) is 14.3. The van der Waals surface area contributed by atoms with Crippen molar-refractivity contribution >= 4 is 5.91 Å². The summed E-state index contributed by atoms with van der Waals surface area (Å²) in [5, 5.41) is 3.01. The number of hydrogen-bond donors (Lipinski definition) is 2. The van der Waals surface area contributed by atoms with Gasteiger partial charge in [0.15, 0.2) is 0 Å². The molecule has 0 aromatic rings. The molecule has 0 aliphatic rings. The minimum atomic E-state index is -0.0500. The van der Waals surface area contributed by atoms with E-state index in [1.165, 1.54) is 0 Å². The molecule has 0 aliphatic heterocycles. The molecule has 0 aromatic heterocycles. The van der Waals surface area contributed by atoms with Gasteiger partial charge >= 0.3 is 0 Å². The van der Waals surface area contributed by atoms with Gasteiger partial charge in [-0.2, -0.15) is 0 Å². The van der Waals surface area contributed by atoms with E-state index in [2.05, 4.69) is 31.0 Å². The van der Waals surface area contributed by atoms with Crippen LogP contribution in [0.25, 0.3) is 0 Å². The predicted octanol–water partition coefficient (Wildman–Crippen LogP) is 1.60. The predicted molar refractivity (Wildman–Crippen MR) is 77.4 cm³/mol. The molecule has 3 N–H and O–H groups in total. The van der Waals surface area contributed by atoms with Crippen molar-refractivity contribution in [3.05, 3.63) is 0 Å². The van der Waals surface area contributed by atoms with Crippen LogP contribution in [0.4, 0.5) is 0 Å². The summed E-state index contributed by atoms with van der Waals surface area (Å²) in [4.78, 5) is 13.9. The van der Waals surface area contributed by atoms with Crippen LogP contribution in [0.5, 0.6) is 0 Å². The first kappa shape index (κ1) is 17.4. The SMILES string of the molecule is CC(CCN(C)C)NC(=O)CC(N)CC(C)(C)C. The molecule has 0 radical (unpaired) electrons. The van der Waals surface area contributed by atoms with Gasteiger partial charge in [0.05, 0.1) is 0 Å². The van der Waals surface area contributed by atoms with Crippen molar-refractivity contribution in [2.75, 3.05) is 20.6 Å². The number of amides is 1. The molecule has 0 saturated heterocycles. The second-order valence-electron chi connectivity index (χ2n) is 6.79. The van der Waals surface area contributed by atoms with Gasteiger partial charge in [-0.25, -0.2) is 0 Å². The molecule has 0 rings (SSSR count). The summed E-state index contributed by atoms with van der Waals surface area (Å²) in [7, 11) is 4.07. The highest BCUT2D eigenvalue weighted by atomic mass is 16.1. The first-order chi connectivity index (χ1) is 8.10. The Morgan fingerprint density at radius 3 is 2.33 bits per heavy atom. The molecule has 4 heteroatoms. The van der Waals surface area contributed by atoms with Crippen LogP contribution in [-0.2, 0) is 4.79 Å². The third-order valence-electron chi connectivity index (χ3n) is 2.74. The highest BCUT2D eigenvalue weighted by molar-refractivity contribution is 5.76. The van der Waals surface area contributed by atoms with Gasteiger partial charge in [-0.3, -0.25) is 4.79 Å². The monoisotopic (exact) mass is 257 g/mol. The van der Waals surface area contributed by atoms with E-state index < -0.39 is 0 Å². The zero-order valence-corrected chi connectivity index (χ0v) is 12.9. The number of nitrogens with one attached hydrogen (secondary N) is 1. The lowest BCUT2D eigenvalue weighted by Gasteiger charge is -2.23. The van der Waals surface area contributed by atoms with Crippen molar-refractivity contribution in [3.63, 3.8) is 0 Å². The fraction of sp³-hybridized carbons (Fsp3) is 0.929. The van der Waals surface area contributed by atoms with E-state index in [0.717, 1.165) is 19.4 Å². The highest BCUT2D eigenvalue weighted by Crippen LogP contribution is 2.20. The van der Waals surface area contributed by atoms with Crippen LogP contribution in [-0.4, -0.2) is 43.5 Å². The summed E-state index contributed by atoms with van der Waals surface area (Å²) >= 11 is 0. The van der Waals surface area contributed by atoms with E-state index in [-0.39, 0.29) is 23.4 Å². The molecule has 0 saturated carbocycles. The Balaban J connectivity index is 3.89. The van der Waals surface area contributed by atoms with Crippen molar-refractivity contribution in [2.45, 2.75) is 59.0 Å². The maximum atomic E-state index is 11.8. The standard InChI is InChI=1S/C14H31N3O/c1-11(7-8-17(5)6)16-13(18)9-12(15)10-14(2,3)4/h11-12H,7-10,15H2,1-6H3,(H,16,18). The van der Waals surface area contributed by atoms with Crippen molar-refractivity contribution < 1.29 is 4.79 Å². The van der Waals surface area contributed by atoms with Gasteiger partial charge in [-0.05, 0) is 45.8 Å². The molecule has 108 valence electrons. The molecule has 4 nitrogen and oxygen atoms in total. The van der Waals surface area contributed by atoms with E-state index in [1.54, 1.807) is 0 Å². The van der Waals surface area contributed by atoms with Gasteiger partial charge in [0, 0.05) is 18.5 Å². The molecule has 0 heterocycles. The fourth-order valence-corrected chi connectivity index (χ4v) is 1.95. The van der Waals surface area contributed by atoms with Crippen LogP contribution in [0.15, 0.2) is 0 Å². The molecular formula is C14H31N3O. The Morgan fingerprint density at radius 2 is 1.89 bits per heavy atom. The van der Waals surface area contributed by atoms with Gasteiger partial charge in [0.1, 0.15) is 0 Å². The fourth-order valence-electron chi connectivity index (χ4n) is 1.95. The van der Waals surface area contributed by atoms with Crippen molar-refractivity contribution in [2.24, 2.45) is 11.1 Å². The number of rotatable bonds is 7. The second-order valence-corrected chi connectivity index (χ2v) is 6.79.